The van der Waals surface area contributed by atoms with Crippen molar-refractivity contribution in [3.8, 4) is 23.0 Å². The number of ether oxygens (including phenoxy) is 2. The van der Waals surface area contributed by atoms with E-state index in [0.29, 0.717) is 34.6 Å². The number of aryl methyl sites for hydroxylation is 2. The van der Waals surface area contributed by atoms with Crippen molar-refractivity contribution in [2.45, 2.75) is 72.6 Å². The Balaban J connectivity index is 0.000000292. The fourth-order valence-corrected chi connectivity index (χ4v) is 4.37. The van der Waals surface area contributed by atoms with Crippen molar-refractivity contribution in [3.63, 3.8) is 0 Å². The lowest BCUT2D eigenvalue weighted by molar-refractivity contribution is 0.103. The van der Waals surface area contributed by atoms with Crippen molar-refractivity contribution in [1.82, 2.24) is 0 Å². The molecule has 46 heavy (non-hydrogen) atoms. The molecule has 0 aliphatic carbocycles. The molecule has 0 spiro atoms. The van der Waals surface area contributed by atoms with Gasteiger partial charge in [0.25, 0.3) is 10.1 Å². The Hall–Kier alpha value is -4.14. The predicted molar refractivity (Wildman–Crippen MR) is 186 cm³/mol. The van der Waals surface area contributed by atoms with Gasteiger partial charge in [-0.3, -0.25) is 9.35 Å². The van der Waals surface area contributed by atoms with Crippen LogP contribution in [0.25, 0.3) is 0 Å². The van der Waals surface area contributed by atoms with E-state index in [-0.39, 0.29) is 16.6 Å². The van der Waals surface area contributed by atoms with Crippen molar-refractivity contribution < 1.29 is 32.3 Å². The minimum absolute atomic E-state index is 0.00555. The molecule has 0 amide bonds. The van der Waals surface area contributed by atoms with Crippen LogP contribution in [0.2, 0.25) is 0 Å². The van der Waals surface area contributed by atoms with Crippen LogP contribution in [0.1, 0.15) is 86.6 Å². The number of hydrogen-bond donors (Lipinski definition) is 2. The van der Waals surface area contributed by atoms with Crippen LogP contribution in [-0.4, -0.2) is 37.2 Å². The smallest absolute Gasteiger partial charge is 0.261 e. The molecule has 0 aromatic heterocycles. The van der Waals surface area contributed by atoms with E-state index in [1.807, 2.05) is 55.5 Å². The van der Waals surface area contributed by atoms with Crippen LogP contribution in [0.5, 0.6) is 23.0 Å². The van der Waals surface area contributed by atoms with Crippen molar-refractivity contribution in [1.29, 1.82) is 0 Å². The van der Waals surface area contributed by atoms with Crippen LogP contribution in [-0.2, 0) is 27.4 Å². The third kappa shape index (κ3) is 12.3. The highest BCUT2D eigenvalue weighted by Gasteiger charge is 2.26. The van der Waals surface area contributed by atoms with Crippen molar-refractivity contribution in [3.05, 3.63) is 118 Å². The molecule has 0 saturated heterocycles. The van der Waals surface area contributed by atoms with Gasteiger partial charge in [0.15, 0.2) is 5.78 Å². The lowest BCUT2D eigenvalue weighted by Crippen LogP contribution is -2.17. The van der Waals surface area contributed by atoms with Gasteiger partial charge in [-0.05, 0) is 89.4 Å². The zero-order valence-electron chi connectivity index (χ0n) is 28.6. The summed E-state index contributed by atoms with van der Waals surface area (Å²) in [5.41, 5.74) is 5.84. The normalized spacial score (nSPS) is 11.4. The SMILES string of the molecule is CCc1cc(C(C)(C)C)c(O)c(C(C)(C)C)c1.COc1ccc(Oc2ccc(C(=O)c3ccc(C)cc3)cc2)cc1.CS(=O)(=O)O. The van der Waals surface area contributed by atoms with Crippen molar-refractivity contribution in [2.75, 3.05) is 13.4 Å². The van der Waals surface area contributed by atoms with Gasteiger partial charge in [0.05, 0.1) is 13.4 Å². The van der Waals surface area contributed by atoms with E-state index in [9.17, 15) is 18.3 Å². The number of carbonyl (C=O) groups is 1. The Kier molecular flexibility index (Phi) is 13.2. The largest absolute Gasteiger partial charge is 0.507 e. The highest BCUT2D eigenvalue weighted by molar-refractivity contribution is 7.85. The standard InChI is InChI=1S/C21H18O3.C16H26O.CH4O3S/c1-15-3-5-16(6-4-15)21(22)17-7-9-19(10-8-17)24-20-13-11-18(23-2)12-14-20;1-8-11-9-12(15(2,3)4)14(17)13(10-11)16(5,6)7;1-5(2,3)4/h3-14H,1-2H3;9-10,17H,8H2,1-7H3;1H3,(H,2,3,4). The molecule has 4 rings (SSSR count). The lowest BCUT2D eigenvalue weighted by atomic mass is 9.78. The Morgan fingerprint density at radius 3 is 1.41 bits per heavy atom. The van der Waals surface area contributed by atoms with Crippen LogP contribution in [0.15, 0.2) is 84.9 Å². The van der Waals surface area contributed by atoms with Crippen molar-refractivity contribution >= 4 is 15.9 Å². The van der Waals surface area contributed by atoms with Gasteiger partial charge in [-0.25, -0.2) is 0 Å². The average Bonchev–Trinajstić information content (AvgIpc) is 2.96. The minimum Gasteiger partial charge on any atom is -0.507 e. The molecule has 0 heterocycles. The fraction of sp³-hybridized carbons (Fsp3) is 0.342. The van der Waals surface area contributed by atoms with E-state index in [1.54, 1.807) is 31.4 Å². The van der Waals surface area contributed by atoms with Crippen LogP contribution in [0.3, 0.4) is 0 Å². The Morgan fingerprint density at radius 1 is 0.717 bits per heavy atom. The minimum atomic E-state index is -3.67. The number of methoxy groups -OCH3 is 1. The van der Waals surface area contributed by atoms with E-state index in [2.05, 4.69) is 60.6 Å². The zero-order chi connectivity index (χ0) is 34.9. The van der Waals surface area contributed by atoms with E-state index in [1.165, 1.54) is 5.56 Å². The Morgan fingerprint density at radius 2 is 1.07 bits per heavy atom. The summed E-state index contributed by atoms with van der Waals surface area (Å²) in [6.07, 6.45) is 1.72. The number of phenols is 1. The second kappa shape index (κ2) is 15.9. The third-order valence-electron chi connectivity index (χ3n) is 6.92. The first kappa shape index (κ1) is 38.0. The van der Waals surface area contributed by atoms with Crippen LogP contribution >= 0.6 is 0 Å². The zero-order valence-corrected chi connectivity index (χ0v) is 29.5. The number of ketones is 1. The summed E-state index contributed by atoms with van der Waals surface area (Å²) in [5.74, 6) is 2.66. The molecular weight excluding hydrogens is 600 g/mol. The molecule has 0 saturated carbocycles. The van der Waals surface area contributed by atoms with Gasteiger partial charge in [0, 0.05) is 11.1 Å². The number of rotatable bonds is 6. The van der Waals surface area contributed by atoms with Gasteiger partial charge < -0.3 is 14.6 Å². The molecule has 7 nitrogen and oxygen atoms in total. The first-order valence-corrected chi connectivity index (χ1v) is 16.9. The molecule has 0 aliphatic heterocycles. The number of phenolic OH excluding ortho intramolecular Hbond substituents is 1. The molecule has 4 aromatic carbocycles. The Bertz CT molecular complexity index is 1630. The van der Waals surface area contributed by atoms with E-state index < -0.39 is 10.1 Å². The summed E-state index contributed by atoms with van der Waals surface area (Å²) in [7, 11) is -2.04. The van der Waals surface area contributed by atoms with Crippen LogP contribution < -0.4 is 9.47 Å². The first-order valence-electron chi connectivity index (χ1n) is 15.1. The monoisotopic (exact) mass is 648 g/mol. The maximum Gasteiger partial charge on any atom is 0.261 e. The predicted octanol–water partition coefficient (Wildman–Crippen LogP) is 9.08. The second-order valence-electron chi connectivity index (χ2n) is 13.1. The summed E-state index contributed by atoms with van der Waals surface area (Å²) in [4.78, 5) is 12.4. The summed E-state index contributed by atoms with van der Waals surface area (Å²) >= 11 is 0. The molecule has 2 N–H and O–H groups in total. The topological polar surface area (TPSA) is 110 Å². The summed E-state index contributed by atoms with van der Waals surface area (Å²) in [6.45, 7) is 17.0. The van der Waals surface area contributed by atoms with E-state index >= 15 is 0 Å². The highest BCUT2D eigenvalue weighted by atomic mass is 32.2. The molecule has 0 bridgehead atoms. The molecule has 8 heteroatoms. The molecule has 0 atom stereocenters. The second-order valence-corrected chi connectivity index (χ2v) is 14.6. The number of carbonyl (C=O) groups excluding carboxylic acids is 1. The number of benzene rings is 4. The summed E-state index contributed by atoms with van der Waals surface area (Å²) in [5, 5.41) is 10.5. The lowest BCUT2D eigenvalue weighted by Gasteiger charge is -2.28. The Labute approximate surface area is 275 Å². The number of aromatic hydroxyl groups is 1. The van der Waals surface area contributed by atoms with Crippen LogP contribution in [0, 0.1) is 6.92 Å². The molecule has 0 unspecified atom stereocenters. The summed E-state index contributed by atoms with van der Waals surface area (Å²) < 4.78 is 36.8. The molecule has 0 aliphatic rings. The van der Waals surface area contributed by atoms with Gasteiger partial charge in [-0.2, -0.15) is 8.42 Å². The van der Waals surface area contributed by atoms with Crippen molar-refractivity contribution in [2.24, 2.45) is 0 Å². The van der Waals surface area contributed by atoms with Gasteiger partial charge in [0.2, 0.25) is 0 Å². The molecule has 4 aromatic rings. The van der Waals surface area contributed by atoms with Gasteiger partial charge >= 0.3 is 0 Å². The number of hydrogen-bond acceptors (Lipinski definition) is 6. The highest BCUT2D eigenvalue weighted by Crippen LogP contribution is 2.39. The van der Waals surface area contributed by atoms with Gasteiger partial charge in [0.1, 0.15) is 23.0 Å². The molecule has 0 fully saturated rings. The van der Waals surface area contributed by atoms with Gasteiger partial charge in [-0.15, -0.1) is 0 Å². The maximum atomic E-state index is 12.4. The van der Waals surface area contributed by atoms with E-state index in [4.69, 9.17) is 14.0 Å². The van der Waals surface area contributed by atoms with E-state index in [0.717, 1.165) is 28.9 Å². The quantitative estimate of drug-likeness (QED) is 0.159. The van der Waals surface area contributed by atoms with Crippen LogP contribution in [0.4, 0.5) is 0 Å². The first-order chi connectivity index (χ1) is 21.2. The average molecular weight is 649 g/mol. The third-order valence-corrected chi connectivity index (χ3v) is 6.92. The molecular formula is C38H48O7S. The summed E-state index contributed by atoms with van der Waals surface area (Å²) in [6, 6.07) is 26.4. The fourth-order valence-electron chi connectivity index (χ4n) is 4.37. The maximum absolute atomic E-state index is 12.4. The molecule has 248 valence electrons. The van der Waals surface area contributed by atoms with Gasteiger partial charge in [-0.1, -0.05) is 90.4 Å². The molecule has 0 radical (unpaired) electrons.